The van der Waals surface area contributed by atoms with Crippen LogP contribution >= 0.6 is 11.3 Å². The van der Waals surface area contributed by atoms with Crippen molar-refractivity contribution in [3.8, 4) is 22.1 Å². The number of nitroso groups, excluding NO2 is 1. The van der Waals surface area contributed by atoms with Gasteiger partial charge in [0.25, 0.3) is 0 Å². The number of hydrogen-bond donors (Lipinski definition) is 0. The van der Waals surface area contributed by atoms with Gasteiger partial charge in [0.15, 0.2) is 17.9 Å². The molecule has 0 aliphatic heterocycles. The van der Waals surface area contributed by atoms with Crippen LogP contribution in [0.4, 0.5) is 10.1 Å². The van der Waals surface area contributed by atoms with Crippen molar-refractivity contribution in [3.63, 3.8) is 0 Å². The zero-order valence-electron chi connectivity index (χ0n) is 13.6. The fourth-order valence-corrected chi connectivity index (χ4v) is 3.53. The van der Waals surface area contributed by atoms with Gasteiger partial charge in [-0.2, -0.15) is 0 Å². The van der Waals surface area contributed by atoms with Gasteiger partial charge in [-0.15, -0.1) is 16.2 Å². The maximum Gasteiger partial charge on any atom is 0.167 e. The molecule has 0 saturated carbocycles. The number of halogens is 1. The van der Waals surface area contributed by atoms with E-state index in [4.69, 9.17) is 4.74 Å². The molecule has 4 rings (SSSR count). The molecule has 0 aliphatic rings. The van der Waals surface area contributed by atoms with Gasteiger partial charge in [0.05, 0.1) is 20.8 Å². The number of ether oxygens (including phenoxy) is 1. The second-order valence-corrected chi connectivity index (χ2v) is 6.59. The van der Waals surface area contributed by atoms with E-state index in [2.05, 4.69) is 15.1 Å². The molecule has 132 valence electrons. The number of fused-ring (bicyclic) bond motifs is 1. The van der Waals surface area contributed by atoms with E-state index in [0.717, 1.165) is 21.9 Å². The van der Waals surface area contributed by atoms with Crippen molar-refractivity contribution in [2.45, 2.75) is 0 Å². The predicted molar refractivity (Wildman–Crippen MR) is 100 cm³/mol. The summed E-state index contributed by atoms with van der Waals surface area (Å²) >= 11 is 1.39. The number of pyridine rings is 2. The van der Waals surface area contributed by atoms with Gasteiger partial charge in [-0.25, -0.2) is 4.39 Å². The van der Waals surface area contributed by atoms with E-state index < -0.39 is 5.82 Å². The Bertz CT molecular complexity index is 1160. The quantitative estimate of drug-likeness (QED) is 0.338. The van der Waals surface area contributed by atoms with Gasteiger partial charge in [-0.3, -0.25) is 14.8 Å². The second kappa shape index (κ2) is 7.00. The topological polar surface area (TPSA) is 81.5 Å². The zero-order valence-corrected chi connectivity index (χ0v) is 14.4. The molecule has 27 heavy (non-hydrogen) atoms. The highest BCUT2D eigenvalue weighted by Crippen LogP contribution is 2.39. The summed E-state index contributed by atoms with van der Waals surface area (Å²) in [5.41, 5.74) is 1.86. The Hall–Kier alpha value is -3.52. The molecule has 0 amide bonds. The second-order valence-electron chi connectivity index (χ2n) is 5.54. The summed E-state index contributed by atoms with van der Waals surface area (Å²) in [6.45, 7) is 0. The average molecular weight is 379 g/mol. The minimum absolute atomic E-state index is 0.0111. The lowest BCUT2D eigenvalue weighted by molar-refractivity contribution is 0.112. The summed E-state index contributed by atoms with van der Waals surface area (Å²) in [6, 6.07) is 10.7. The molecule has 0 unspecified atom stereocenters. The van der Waals surface area contributed by atoms with Gasteiger partial charge < -0.3 is 4.74 Å². The first kappa shape index (κ1) is 16.9. The summed E-state index contributed by atoms with van der Waals surface area (Å²) in [5.74, 6) is -0.259. The maximum atomic E-state index is 14.1. The smallest absolute Gasteiger partial charge is 0.167 e. The highest BCUT2D eigenvalue weighted by molar-refractivity contribution is 7.22. The number of aldehydes is 1. The highest BCUT2D eigenvalue weighted by atomic mass is 32.1. The van der Waals surface area contributed by atoms with Gasteiger partial charge >= 0.3 is 0 Å². The first-order chi connectivity index (χ1) is 13.2. The van der Waals surface area contributed by atoms with Crippen LogP contribution in [0.3, 0.4) is 0 Å². The van der Waals surface area contributed by atoms with Crippen molar-refractivity contribution in [1.29, 1.82) is 0 Å². The van der Waals surface area contributed by atoms with E-state index in [-0.39, 0.29) is 11.4 Å². The third-order valence-corrected chi connectivity index (χ3v) is 4.95. The minimum atomic E-state index is -0.681. The number of thiophene rings is 1. The molecule has 0 bridgehead atoms. The lowest BCUT2D eigenvalue weighted by Crippen LogP contribution is -1.88. The number of aromatic nitrogens is 2. The molecule has 0 aliphatic carbocycles. The first-order valence-electron chi connectivity index (χ1n) is 7.79. The van der Waals surface area contributed by atoms with Crippen molar-refractivity contribution in [2.24, 2.45) is 5.18 Å². The predicted octanol–water partition coefficient (Wildman–Crippen LogP) is 5.50. The molecule has 0 saturated heterocycles. The molecule has 0 N–H and O–H groups in total. The standard InChI is InChI=1S/C19H10FN3O3S/c20-13-7-12(23-25)2-4-16(13)26-17-5-6-21-15-8-18(27-19(15)17)14-3-1-11(10-24)9-22-14/h1-10H. The third kappa shape index (κ3) is 3.30. The Kier molecular flexibility index (Phi) is 4.39. The monoisotopic (exact) mass is 379 g/mol. The van der Waals surface area contributed by atoms with Gasteiger partial charge in [0.1, 0.15) is 11.4 Å². The van der Waals surface area contributed by atoms with E-state index in [1.54, 1.807) is 24.4 Å². The Morgan fingerprint density at radius 3 is 2.67 bits per heavy atom. The number of carbonyl (C=O) groups is 1. The van der Waals surface area contributed by atoms with Crippen molar-refractivity contribution < 1.29 is 13.9 Å². The van der Waals surface area contributed by atoms with Crippen LogP contribution in [-0.2, 0) is 0 Å². The molecule has 0 atom stereocenters. The van der Waals surface area contributed by atoms with Crippen LogP contribution in [0.25, 0.3) is 20.8 Å². The van der Waals surface area contributed by atoms with E-state index in [1.807, 2.05) is 6.07 Å². The van der Waals surface area contributed by atoms with Crippen molar-refractivity contribution in [3.05, 3.63) is 71.1 Å². The molecule has 1 aromatic carbocycles. The molecule has 0 radical (unpaired) electrons. The van der Waals surface area contributed by atoms with Crippen molar-refractivity contribution >= 4 is 33.5 Å². The fraction of sp³-hybridized carbons (Fsp3) is 0. The Morgan fingerprint density at radius 2 is 1.96 bits per heavy atom. The summed E-state index contributed by atoms with van der Waals surface area (Å²) in [7, 11) is 0. The number of benzene rings is 1. The summed E-state index contributed by atoms with van der Waals surface area (Å²) in [6.07, 6.45) is 3.79. The molecule has 3 aromatic heterocycles. The summed E-state index contributed by atoms with van der Waals surface area (Å²) in [5, 5.41) is 2.70. The lowest BCUT2D eigenvalue weighted by Gasteiger charge is -2.07. The fourth-order valence-electron chi connectivity index (χ4n) is 2.49. The number of hydrogen-bond acceptors (Lipinski definition) is 7. The summed E-state index contributed by atoms with van der Waals surface area (Å²) < 4.78 is 20.5. The van der Waals surface area contributed by atoms with Gasteiger partial charge in [-0.1, -0.05) is 0 Å². The third-order valence-electron chi connectivity index (χ3n) is 3.79. The van der Waals surface area contributed by atoms with Crippen LogP contribution in [0.15, 0.2) is 60.0 Å². The summed E-state index contributed by atoms with van der Waals surface area (Å²) in [4.78, 5) is 30.7. The molecule has 8 heteroatoms. The average Bonchev–Trinajstić information content (AvgIpc) is 3.15. The van der Waals surface area contributed by atoms with Crippen molar-refractivity contribution in [2.75, 3.05) is 0 Å². The van der Waals surface area contributed by atoms with E-state index in [0.29, 0.717) is 22.5 Å². The van der Waals surface area contributed by atoms with Gasteiger partial charge in [0, 0.05) is 30.1 Å². The van der Waals surface area contributed by atoms with Crippen LogP contribution in [0.1, 0.15) is 10.4 Å². The van der Waals surface area contributed by atoms with Crippen LogP contribution in [-0.4, -0.2) is 16.3 Å². The van der Waals surface area contributed by atoms with E-state index >= 15 is 0 Å². The van der Waals surface area contributed by atoms with Gasteiger partial charge in [-0.05, 0) is 35.5 Å². The largest absolute Gasteiger partial charge is 0.453 e. The lowest BCUT2D eigenvalue weighted by atomic mass is 10.2. The number of carbonyl (C=O) groups excluding carboxylic acids is 1. The van der Waals surface area contributed by atoms with Crippen molar-refractivity contribution in [1.82, 2.24) is 9.97 Å². The molecule has 4 aromatic rings. The van der Waals surface area contributed by atoms with Gasteiger partial charge in [0.2, 0.25) is 0 Å². The maximum absolute atomic E-state index is 14.1. The number of rotatable bonds is 5. The Balaban J connectivity index is 1.72. The molecular formula is C19H10FN3O3S. The normalized spacial score (nSPS) is 10.7. The molecule has 0 fully saturated rings. The molecular weight excluding hydrogens is 369 g/mol. The Morgan fingerprint density at radius 1 is 1.07 bits per heavy atom. The van der Waals surface area contributed by atoms with E-state index in [9.17, 15) is 14.1 Å². The van der Waals surface area contributed by atoms with Crippen LogP contribution in [0, 0.1) is 10.7 Å². The van der Waals surface area contributed by atoms with Crippen LogP contribution in [0.2, 0.25) is 0 Å². The molecule has 6 nitrogen and oxygen atoms in total. The molecule has 0 spiro atoms. The minimum Gasteiger partial charge on any atom is -0.453 e. The van der Waals surface area contributed by atoms with Crippen LogP contribution in [0.5, 0.6) is 11.5 Å². The zero-order chi connectivity index (χ0) is 18.8. The SMILES string of the molecule is O=Cc1ccc(-c2cc3nccc(Oc4ccc(N=O)cc4F)c3s2)nc1. The first-order valence-corrected chi connectivity index (χ1v) is 8.60. The Labute approximate surface area is 156 Å². The highest BCUT2D eigenvalue weighted by Gasteiger charge is 2.13. The van der Waals surface area contributed by atoms with Crippen LogP contribution < -0.4 is 4.74 Å². The molecule has 3 heterocycles. The van der Waals surface area contributed by atoms with E-state index in [1.165, 1.54) is 29.7 Å². The number of nitrogens with zero attached hydrogens (tertiary/aromatic N) is 3.